The molecule has 2 aliphatic rings. The van der Waals surface area contributed by atoms with Gasteiger partial charge in [-0.2, -0.15) is 0 Å². The molecule has 0 aliphatic carbocycles. The molecule has 4 rings (SSSR count). The zero-order valence-electron chi connectivity index (χ0n) is 18.0. The number of piperidine rings is 2. The summed E-state index contributed by atoms with van der Waals surface area (Å²) in [6.07, 6.45) is 7.79. The van der Waals surface area contributed by atoms with Crippen molar-refractivity contribution in [1.29, 1.82) is 0 Å². The van der Waals surface area contributed by atoms with Crippen molar-refractivity contribution < 1.29 is 14.4 Å². The van der Waals surface area contributed by atoms with Crippen molar-refractivity contribution in [3.63, 3.8) is 0 Å². The molecule has 1 atom stereocenters. The Morgan fingerprint density at radius 3 is 2.55 bits per heavy atom. The lowest BCUT2D eigenvalue weighted by Crippen LogP contribution is -2.44. The summed E-state index contributed by atoms with van der Waals surface area (Å²) in [6.45, 7) is 1.96. The lowest BCUT2D eigenvalue weighted by Gasteiger charge is -2.33. The smallest absolute Gasteiger partial charge is 0.329 e. The van der Waals surface area contributed by atoms with E-state index in [0.29, 0.717) is 18.8 Å². The highest BCUT2D eigenvalue weighted by Gasteiger charge is 2.31. The van der Waals surface area contributed by atoms with E-state index in [0.717, 1.165) is 61.8 Å². The topological polar surface area (TPSA) is 93.4 Å². The molecule has 8 nitrogen and oxygen atoms in total. The summed E-state index contributed by atoms with van der Waals surface area (Å²) in [6, 6.07) is 5.31. The van der Waals surface area contributed by atoms with Crippen LogP contribution in [0, 0.1) is 5.92 Å². The van der Waals surface area contributed by atoms with E-state index < -0.39 is 11.9 Å². The van der Waals surface area contributed by atoms with Crippen molar-refractivity contribution in [2.24, 2.45) is 13.0 Å². The first-order valence-electron chi connectivity index (χ1n) is 11.2. The minimum Gasteiger partial charge on any atom is -0.371 e. The van der Waals surface area contributed by atoms with Crippen LogP contribution in [0.15, 0.2) is 23.0 Å². The summed E-state index contributed by atoms with van der Waals surface area (Å²) in [5, 5.41) is 2.35. The Labute approximate surface area is 181 Å². The van der Waals surface area contributed by atoms with E-state index in [1.54, 1.807) is 11.6 Å². The molecule has 166 valence electrons. The molecule has 2 aliphatic heterocycles. The van der Waals surface area contributed by atoms with Crippen LogP contribution < -0.4 is 15.9 Å². The Morgan fingerprint density at radius 1 is 1.06 bits per heavy atom. The Balaban J connectivity index is 1.50. The predicted molar refractivity (Wildman–Crippen MR) is 118 cm³/mol. The van der Waals surface area contributed by atoms with Crippen LogP contribution in [-0.2, 0) is 21.4 Å². The number of carbonyl (C=O) groups excluding carboxylic acids is 3. The van der Waals surface area contributed by atoms with Gasteiger partial charge in [-0.15, -0.1) is 0 Å². The molecule has 1 aromatic heterocycles. The third-order valence-electron chi connectivity index (χ3n) is 6.76. The van der Waals surface area contributed by atoms with Crippen LogP contribution in [0.1, 0.15) is 57.4 Å². The maximum atomic E-state index is 12.9. The Morgan fingerprint density at radius 2 is 1.84 bits per heavy atom. The van der Waals surface area contributed by atoms with Crippen molar-refractivity contribution in [2.75, 3.05) is 18.0 Å². The van der Waals surface area contributed by atoms with E-state index in [2.05, 4.69) is 10.2 Å². The Kier molecular flexibility index (Phi) is 6.25. The number of imidazole rings is 1. The molecule has 0 spiro atoms. The second-order valence-electron chi connectivity index (χ2n) is 8.73. The van der Waals surface area contributed by atoms with Gasteiger partial charge in [0.15, 0.2) is 0 Å². The van der Waals surface area contributed by atoms with E-state index in [9.17, 15) is 19.2 Å². The number of hydrogen-bond donors (Lipinski definition) is 1. The molecule has 0 radical (unpaired) electrons. The molecular formula is C23H30N4O4. The quantitative estimate of drug-likeness (QED) is 0.417. The zero-order valence-corrected chi connectivity index (χ0v) is 18.0. The normalized spacial score (nSPS) is 20.3. The highest BCUT2D eigenvalue weighted by Crippen LogP contribution is 2.30. The van der Waals surface area contributed by atoms with E-state index in [1.807, 2.05) is 18.2 Å². The van der Waals surface area contributed by atoms with Gasteiger partial charge in [-0.05, 0) is 49.8 Å². The van der Waals surface area contributed by atoms with Crippen LogP contribution in [-0.4, -0.2) is 40.3 Å². The van der Waals surface area contributed by atoms with Gasteiger partial charge in [0.25, 0.3) is 0 Å². The van der Waals surface area contributed by atoms with E-state index >= 15 is 0 Å². The van der Waals surface area contributed by atoms with E-state index in [-0.39, 0.29) is 18.0 Å². The Hall–Kier alpha value is -2.90. The van der Waals surface area contributed by atoms with Gasteiger partial charge in [0.2, 0.25) is 11.8 Å². The molecule has 1 aromatic carbocycles. The fourth-order valence-corrected chi connectivity index (χ4v) is 4.92. The number of imide groups is 1. The van der Waals surface area contributed by atoms with Crippen LogP contribution >= 0.6 is 0 Å². The lowest BCUT2D eigenvalue weighted by molar-refractivity contribution is -0.135. The number of rotatable bonds is 7. The predicted octanol–water partition coefficient (Wildman–Crippen LogP) is 2.29. The minimum atomic E-state index is -0.658. The average Bonchev–Trinajstić information content (AvgIpc) is 3.02. The van der Waals surface area contributed by atoms with Crippen molar-refractivity contribution in [3.8, 4) is 0 Å². The maximum absolute atomic E-state index is 12.9. The number of benzene rings is 1. The van der Waals surface area contributed by atoms with Gasteiger partial charge in [-0.3, -0.25) is 24.0 Å². The van der Waals surface area contributed by atoms with Gasteiger partial charge in [-0.25, -0.2) is 4.79 Å². The second kappa shape index (κ2) is 9.08. The number of aromatic nitrogens is 2. The fourth-order valence-electron chi connectivity index (χ4n) is 4.92. The molecule has 0 bridgehead atoms. The van der Waals surface area contributed by atoms with Gasteiger partial charge >= 0.3 is 5.69 Å². The second-order valence-corrected chi connectivity index (χ2v) is 8.73. The molecule has 0 saturated carbocycles. The largest absolute Gasteiger partial charge is 0.371 e. The number of anilines is 1. The minimum absolute atomic E-state index is 0.238. The van der Waals surface area contributed by atoms with Crippen molar-refractivity contribution in [1.82, 2.24) is 14.5 Å². The molecule has 3 heterocycles. The zero-order chi connectivity index (χ0) is 22.0. The lowest BCUT2D eigenvalue weighted by atomic mass is 9.91. The van der Waals surface area contributed by atoms with Crippen LogP contribution in [0.25, 0.3) is 11.0 Å². The number of fused-ring (bicyclic) bond motifs is 1. The monoisotopic (exact) mass is 426 g/mol. The van der Waals surface area contributed by atoms with Crippen LogP contribution in [0.4, 0.5) is 5.69 Å². The summed E-state index contributed by atoms with van der Waals surface area (Å²) < 4.78 is 3.11. The highest BCUT2D eigenvalue weighted by molar-refractivity contribution is 6.00. The summed E-state index contributed by atoms with van der Waals surface area (Å²) in [5.74, 6) is 0.0127. The first-order chi connectivity index (χ1) is 15.0. The Bertz CT molecular complexity index is 1050. The number of hydrogen-bond acceptors (Lipinski definition) is 5. The molecule has 2 saturated heterocycles. The van der Waals surface area contributed by atoms with Gasteiger partial charge in [-0.1, -0.05) is 12.8 Å². The third-order valence-corrected chi connectivity index (χ3v) is 6.76. The summed E-state index contributed by atoms with van der Waals surface area (Å²) in [4.78, 5) is 49.6. The number of aryl methyl sites for hydroxylation is 1. The molecule has 8 heteroatoms. The van der Waals surface area contributed by atoms with Crippen LogP contribution in [0.2, 0.25) is 0 Å². The number of nitrogens with zero attached hydrogens (tertiary/aromatic N) is 3. The molecule has 2 aromatic rings. The first-order valence-corrected chi connectivity index (χ1v) is 11.2. The van der Waals surface area contributed by atoms with Gasteiger partial charge in [0.1, 0.15) is 12.3 Å². The third kappa shape index (κ3) is 4.29. The number of carbonyl (C=O) groups is 3. The van der Waals surface area contributed by atoms with E-state index in [4.69, 9.17) is 0 Å². The molecule has 2 fully saturated rings. The summed E-state index contributed by atoms with van der Waals surface area (Å²) in [7, 11) is 1.72. The fraction of sp³-hybridized carbons (Fsp3) is 0.565. The van der Waals surface area contributed by atoms with Crippen molar-refractivity contribution in [2.45, 2.75) is 57.4 Å². The van der Waals surface area contributed by atoms with Gasteiger partial charge < -0.3 is 9.69 Å². The maximum Gasteiger partial charge on any atom is 0.329 e. The van der Waals surface area contributed by atoms with Crippen LogP contribution in [0.5, 0.6) is 0 Å². The molecule has 2 amide bonds. The average molecular weight is 427 g/mol. The van der Waals surface area contributed by atoms with E-state index in [1.165, 1.54) is 11.0 Å². The standard InChI is InChI=1S/C23H30N4O4/c1-25-20-15-17(26-12-10-16(11-13-26)5-3-2-4-14-28)6-7-18(20)27(23(25)31)19-8-9-21(29)24-22(19)30/h6-7,14-16,19H,2-5,8-13H2,1H3,(H,24,29,30). The van der Waals surface area contributed by atoms with Gasteiger partial charge in [0.05, 0.1) is 11.0 Å². The first kappa shape index (κ1) is 21.3. The van der Waals surface area contributed by atoms with Crippen molar-refractivity contribution >= 4 is 34.8 Å². The van der Waals surface area contributed by atoms with Crippen molar-refractivity contribution in [3.05, 3.63) is 28.7 Å². The molecule has 1 unspecified atom stereocenters. The molecule has 1 N–H and O–H groups in total. The SMILES string of the molecule is Cn1c(=O)n(C2CCC(=O)NC2=O)c2ccc(N3CCC(CCCCC=O)CC3)cc21. The summed E-state index contributed by atoms with van der Waals surface area (Å²) in [5.41, 5.74) is 2.36. The molecule has 31 heavy (non-hydrogen) atoms. The summed E-state index contributed by atoms with van der Waals surface area (Å²) >= 11 is 0. The van der Waals surface area contributed by atoms with Gasteiger partial charge in [0, 0.05) is 38.7 Å². The van der Waals surface area contributed by atoms with Crippen LogP contribution in [0.3, 0.4) is 0 Å². The highest BCUT2D eigenvalue weighted by atomic mass is 16.2. The molecular weight excluding hydrogens is 396 g/mol. The number of unbranched alkanes of at least 4 members (excludes halogenated alkanes) is 2. The number of aldehydes is 1. The number of amides is 2. The number of nitrogens with one attached hydrogen (secondary N) is 1.